The van der Waals surface area contributed by atoms with Crippen LogP contribution in [0, 0.1) is 5.92 Å². The number of rotatable bonds is 4. The average molecular weight is 174 g/mol. The van der Waals surface area contributed by atoms with Crippen LogP contribution in [0.2, 0.25) is 0 Å². The van der Waals surface area contributed by atoms with Gasteiger partial charge in [0.1, 0.15) is 0 Å². The Kier molecular flexibility index (Phi) is 5.45. The van der Waals surface area contributed by atoms with Gasteiger partial charge in [-0.3, -0.25) is 0 Å². The van der Waals surface area contributed by atoms with Crippen LogP contribution in [0.5, 0.6) is 0 Å². The Morgan fingerprint density at radius 2 is 2.17 bits per heavy atom. The van der Waals surface area contributed by atoms with Gasteiger partial charge in [-0.05, 0) is 5.92 Å². The molecule has 0 aliphatic rings. The quantitative estimate of drug-likeness (QED) is 0.676. The van der Waals surface area contributed by atoms with E-state index in [1.165, 1.54) is 4.90 Å². The van der Waals surface area contributed by atoms with Crippen molar-refractivity contribution >= 4 is 6.03 Å². The lowest BCUT2D eigenvalue weighted by Crippen LogP contribution is -2.37. The van der Waals surface area contributed by atoms with E-state index in [1.807, 2.05) is 6.92 Å². The van der Waals surface area contributed by atoms with Crippen molar-refractivity contribution in [1.29, 1.82) is 0 Å². The van der Waals surface area contributed by atoms with Gasteiger partial charge in [0.2, 0.25) is 0 Å². The van der Waals surface area contributed by atoms with Crippen LogP contribution in [-0.4, -0.2) is 45.3 Å². The van der Waals surface area contributed by atoms with Gasteiger partial charge in [-0.25, -0.2) is 4.79 Å². The minimum Gasteiger partial charge on any atom is -0.384 e. The maximum atomic E-state index is 11.0. The summed E-state index contributed by atoms with van der Waals surface area (Å²) < 4.78 is 4.93. The minimum absolute atomic E-state index is 0.0575. The Morgan fingerprint density at radius 3 is 2.58 bits per heavy atom. The monoisotopic (exact) mass is 174 g/mol. The van der Waals surface area contributed by atoms with Crippen molar-refractivity contribution in [2.45, 2.75) is 6.92 Å². The van der Waals surface area contributed by atoms with Gasteiger partial charge in [0.05, 0.1) is 6.61 Å². The summed E-state index contributed by atoms with van der Waals surface area (Å²) in [4.78, 5) is 12.5. The number of carbonyl (C=O) groups excluding carboxylic acids is 1. The van der Waals surface area contributed by atoms with Gasteiger partial charge in [-0.1, -0.05) is 6.92 Å². The van der Waals surface area contributed by atoms with Gasteiger partial charge in [-0.2, -0.15) is 0 Å². The Labute approximate surface area is 73.9 Å². The number of hydrogen-bond acceptors (Lipinski definition) is 2. The molecule has 0 saturated carbocycles. The highest BCUT2D eigenvalue weighted by Gasteiger charge is 2.05. The fourth-order valence-corrected chi connectivity index (χ4v) is 0.763. The topological polar surface area (TPSA) is 41.6 Å². The summed E-state index contributed by atoms with van der Waals surface area (Å²) in [5.74, 6) is 0.360. The molecule has 0 aliphatic heterocycles. The number of methoxy groups -OCH3 is 1. The van der Waals surface area contributed by atoms with Crippen molar-refractivity contribution in [2.24, 2.45) is 5.92 Å². The third kappa shape index (κ3) is 4.96. The molecule has 2 amide bonds. The van der Waals surface area contributed by atoms with E-state index < -0.39 is 0 Å². The Morgan fingerprint density at radius 1 is 1.58 bits per heavy atom. The smallest absolute Gasteiger partial charge is 0.316 e. The van der Waals surface area contributed by atoms with Crippen LogP contribution in [0.15, 0.2) is 0 Å². The lowest BCUT2D eigenvalue weighted by Gasteiger charge is -2.15. The zero-order valence-corrected chi connectivity index (χ0v) is 8.26. The molecular formula is C8H18N2O2. The third-order valence-corrected chi connectivity index (χ3v) is 1.46. The molecule has 12 heavy (non-hydrogen) atoms. The van der Waals surface area contributed by atoms with E-state index >= 15 is 0 Å². The molecule has 0 rings (SSSR count). The maximum Gasteiger partial charge on any atom is 0.316 e. The van der Waals surface area contributed by atoms with Gasteiger partial charge in [0.15, 0.2) is 0 Å². The summed E-state index contributed by atoms with van der Waals surface area (Å²) in [6.07, 6.45) is 0. The first kappa shape index (κ1) is 11.2. The van der Waals surface area contributed by atoms with E-state index in [1.54, 1.807) is 21.2 Å². The molecule has 1 N–H and O–H groups in total. The van der Waals surface area contributed by atoms with E-state index in [-0.39, 0.29) is 6.03 Å². The normalized spacial score (nSPS) is 12.3. The molecule has 0 radical (unpaired) electrons. The number of carbonyl (C=O) groups is 1. The second kappa shape index (κ2) is 5.83. The second-order valence-electron chi connectivity index (χ2n) is 3.14. The molecule has 4 nitrogen and oxygen atoms in total. The summed E-state index contributed by atoms with van der Waals surface area (Å²) in [5, 5.41) is 2.77. The second-order valence-corrected chi connectivity index (χ2v) is 3.14. The van der Waals surface area contributed by atoms with Crippen LogP contribution in [0.1, 0.15) is 6.92 Å². The summed E-state index contributed by atoms with van der Waals surface area (Å²) in [6.45, 7) is 3.36. The van der Waals surface area contributed by atoms with E-state index in [2.05, 4.69) is 5.32 Å². The first-order valence-corrected chi connectivity index (χ1v) is 4.02. The lowest BCUT2D eigenvalue weighted by atomic mass is 10.2. The molecule has 1 atom stereocenters. The zero-order valence-electron chi connectivity index (χ0n) is 8.26. The molecule has 0 aromatic carbocycles. The summed E-state index contributed by atoms with van der Waals surface area (Å²) in [6, 6.07) is -0.0575. The van der Waals surface area contributed by atoms with E-state index in [4.69, 9.17) is 4.74 Å². The Balaban J connectivity index is 3.47. The van der Waals surface area contributed by atoms with Gasteiger partial charge in [-0.15, -0.1) is 0 Å². The SMILES string of the molecule is COCC(C)CNC(=O)N(C)C. The van der Waals surface area contributed by atoms with Crippen LogP contribution < -0.4 is 5.32 Å². The van der Waals surface area contributed by atoms with Crippen molar-refractivity contribution in [3.8, 4) is 0 Å². The van der Waals surface area contributed by atoms with Crippen LogP contribution in [-0.2, 0) is 4.74 Å². The molecule has 0 heterocycles. The molecule has 0 bridgehead atoms. The number of amides is 2. The summed E-state index contributed by atoms with van der Waals surface area (Å²) in [5.41, 5.74) is 0. The molecule has 72 valence electrons. The number of hydrogen-bond donors (Lipinski definition) is 1. The number of nitrogens with one attached hydrogen (secondary N) is 1. The van der Waals surface area contributed by atoms with Crippen LogP contribution >= 0.6 is 0 Å². The van der Waals surface area contributed by atoms with Crippen LogP contribution in [0.4, 0.5) is 4.79 Å². The zero-order chi connectivity index (χ0) is 9.56. The molecule has 0 saturated heterocycles. The van der Waals surface area contributed by atoms with E-state index in [0.29, 0.717) is 19.1 Å². The van der Waals surface area contributed by atoms with Crippen LogP contribution in [0.3, 0.4) is 0 Å². The number of urea groups is 1. The van der Waals surface area contributed by atoms with Crippen LogP contribution in [0.25, 0.3) is 0 Å². The molecule has 0 aliphatic carbocycles. The Bertz CT molecular complexity index is 137. The highest BCUT2D eigenvalue weighted by atomic mass is 16.5. The molecule has 1 unspecified atom stereocenters. The van der Waals surface area contributed by atoms with Crippen molar-refractivity contribution < 1.29 is 9.53 Å². The van der Waals surface area contributed by atoms with Crippen molar-refractivity contribution in [2.75, 3.05) is 34.4 Å². The first-order chi connectivity index (χ1) is 5.57. The molecule has 0 aromatic heterocycles. The number of ether oxygens (including phenoxy) is 1. The number of nitrogens with zero attached hydrogens (tertiary/aromatic N) is 1. The predicted molar refractivity (Wildman–Crippen MR) is 48.1 cm³/mol. The van der Waals surface area contributed by atoms with Crippen molar-refractivity contribution in [3.05, 3.63) is 0 Å². The lowest BCUT2D eigenvalue weighted by molar-refractivity contribution is 0.157. The van der Waals surface area contributed by atoms with Gasteiger partial charge in [0.25, 0.3) is 0 Å². The largest absolute Gasteiger partial charge is 0.384 e. The fourth-order valence-electron chi connectivity index (χ4n) is 0.763. The predicted octanol–water partition coefficient (Wildman–Crippen LogP) is 0.540. The van der Waals surface area contributed by atoms with E-state index in [9.17, 15) is 4.79 Å². The maximum absolute atomic E-state index is 11.0. The third-order valence-electron chi connectivity index (χ3n) is 1.46. The average Bonchev–Trinajstić information content (AvgIpc) is 2.00. The standard InChI is InChI=1S/C8H18N2O2/c1-7(6-12-4)5-9-8(11)10(2)3/h7H,5-6H2,1-4H3,(H,9,11). The van der Waals surface area contributed by atoms with Gasteiger partial charge >= 0.3 is 6.03 Å². The Hall–Kier alpha value is -0.770. The van der Waals surface area contributed by atoms with Gasteiger partial charge in [0, 0.05) is 27.7 Å². The molecule has 0 aromatic rings. The fraction of sp³-hybridized carbons (Fsp3) is 0.875. The molecule has 4 heteroatoms. The summed E-state index contributed by atoms with van der Waals surface area (Å²) in [7, 11) is 5.09. The molecular weight excluding hydrogens is 156 g/mol. The van der Waals surface area contributed by atoms with E-state index in [0.717, 1.165) is 0 Å². The molecule has 0 spiro atoms. The first-order valence-electron chi connectivity index (χ1n) is 4.02. The van der Waals surface area contributed by atoms with Crippen molar-refractivity contribution in [1.82, 2.24) is 10.2 Å². The minimum atomic E-state index is -0.0575. The highest BCUT2D eigenvalue weighted by Crippen LogP contribution is 1.92. The van der Waals surface area contributed by atoms with Gasteiger partial charge < -0.3 is 15.0 Å². The highest BCUT2D eigenvalue weighted by molar-refractivity contribution is 5.73. The van der Waals surface area contributed by atoms with Crippen molar-refractivity contribution in [3.63, 3.8) is 0 Å². The summed E-state index contributed by atoms with van der Waals surface area (Å²) >= 11 is 0. The molecule has 0 fully saturated rings.